The molecule has 4 aliphatic heterocycles. The van der Waals surface area contributed by atoms with E-state index in [2.05, 4.69) is 12.2 Å². The Hall–Kier alpha value is 0.995. The van der Waals surface area contributed by atoms with Gasteiger partial charge in [0.2, 0.25) is 0 Å². The SMILES string of the molecule is CO[Si]1(C)O[Si]2(C)O[Si]3(C)O[Si](C)(C)O[Si]4(C)O[Si](C)(O1)O[Si](C)(O2)O[Si](C1CC2C=CC1C2)(O3)O4. The van der Waals surface area contributed by atoms with Crippen LogP contribution in [0, 0.1) is 11.8 Å². The molecule has 0 aromatic heterocycles. The van der Waals surface area contributed by atoms with Crippen molar-refractivity contribution in [1.29, 1.82) is 0 Å². The molecule has 0 spiro atoms. The molecule has 0 aromatic carbocycles. The molecule has 6 aliphatic rings. The molecule has 0 N–H and O–H groups in total. The van der Waals surface area contributed by atoms with Gasteiger partial charge in [-0.1, -0.05) is 12.2 Å². The van der Waals surface area contributed by atoms with Crippen LogP contribution in [-0.4, -0.2) is 77.3 Å². The maximum absolute atomic E-state index is 7.08. The predicted octanol–water partition coefficient (Wildman–Crippen LogP) is 2.89. The van der Waals surface area contributed by atoms with Gasteiger partial charge in [-0.2, -0.15) is 0 Å². The number of allylic oxidation sites excluding steroid dienone is 2. The lowest BCUT2D eigenvalue weighted by Crippen LogP contribution is -2.83. The molecule has 8 bridgehead atoms. The first-order valence-corrected chi connectivity index (χ1v) is 30.3. The Balaban J connectivity index is 1.57. The lowest BCUT2D eigenvalue weighted by Gasteiger charge is -2.59. The average Bonchev–Trinajstić information content (AvgIpc) is 3.24. The van der Waals surface area contributed by atoms with Gasteiger partial charge in [0.05, 0.1) is 0 Å². The van der Waals surface area contributed by atoms with Gasteiger partial charge in [0.15, 0.2) is 0 Å². The Labute approximate surface area is 221 Å². The Morgan fingerprint density at radius 2 is 1.00 bits per heavy atom. The van der Waals surface area contributed by atoms with E-state index in [-0.39, 0.29) is 11.5 Å². The van der Waals surface area contributed by atoms with E-state index < -0.39 is 70.2 Å². The van der Waals surface area contributed by atoms with Crippen molar-refractivity contribution in [2.24, 2.45) is 11.8 Å². The third-order valence-corrected chi connectivity index (χ3v) is 42.0. The zero-order chi connectivity index (χ0) is 26.0. The van der Waals surface area contributed by atoms with Gasteiger partial charge in [-0.15, -0.1) is 0 Å². The molecule has 2 aliphatic carbocycles. The van der Waals surface area contributed by atoms with Crippen LogP contribution >= 0.6 is 0 Å². The van der Waals surface area contributed by atoms with Crippen molar-refractivity contribution in [1.82, 2.24) is 0 Å². The van der Waals surface area contributed by atoms with Gasteiger partial charge >= 0.3 is 70.2 Å². The van der Waals surface area contributed by atoms with Gasteiger partial charge in [0.1, 0.15) is 0 Å². The Morgan fingerprint density at radius 1 is 0.556 bits per heavy atom. The van der Waals surface area contributed by atoms with Gasteiger partial charge in [-0.3, -0.25) is 0 Å². The van der Waals surface area contributed by atoms with Crippen molar-refractivity contribution >= 4 is 70.2 Å². The summed E-state index contributed by atoms with van der Waals surface area (Å²) in [5.41, 5.74) is -0.00658. The topological polar surface area (TPSA) is 111 Å². The number of hydrogen-bond acceptors (Lipinski definition) is 12. The van der Waals surface area contributed by atoms with Crippen molar-refractivity contribution in [3.63, 3.8) is 0 Å². The summed E-state index contributed by atoms with van der Waals surface area (Å²) in [7, 11) is -26.1. The van der Waals surface area contributed by atoms with Gasteiger partial charge in [0.25, 0.3) is 0 Å². The molecule has 1 saturated carbocycles. The van der Waals surface area contributed by atoms with Crippen molar-refractivity contribution in [3.05, 3.63) is 12.2 Å². The minimum Gasteiger partial charge on any atom is -0.395 e. The van der Waals surface area contributed by atoms with Gasteiger partial charge in [0, 0.05) is 51.9 Å². The van der Waals surface area contributed by atoms with Gasteiger partial charge < -0.3 is 49.7 Å². The zero-order valence-corrected chi connectivity index (χ0v) is 30.2. The van der Waals surface area contributed by atoms with Crippen molar-refractivity contribution in [3.8, 4) is 0 Å². The van der Waals surface area contributed by atoms with Gasteiger partial charge in [-0.25, -0.2) is 0 Å². The summed E-state index contributed by atoms with van der Waals surface area (Å²) in [5.74, 6) is 0.719. The molecule has 7 atom stereocenters. The van der Waals surface area contributed by atoms with Crippen molar-refractivity contribution < 1.29 is 49.7 Å². The second-order valence-corrected chi connectivity index (χ2v) is 35.9. The first-order valence-electron chi connectivity index (χ1n) is 12.4. The van der Waals surface area contributed by atoms with Crippen molar-refractivity contribution in [2.45, 2.75) is 70.8 Å². The minimum absolute atomic E-state index is 0.00658. The summed E-state index contributed by atoms with van der Waals surface area (Å²) in [6, 6.07) is 0. The first-order chi connectivity index (χ1) is 16.4. The second kappa shape index (κ2) is 8.05. The molecule has 36 heavy (non-hydrogen) atoms. The Kier molecular flexibility index (Phi) is 6.08. The van der Waals surface area contributed by atoms with Crippen LogP contribution in [0.25, 0.3) is 0 Å². The van der Waals surface area contributed by atoms with Crippen LogP contribution in [0.4, 0.5) is 0 Å². The van der Waals surface area contributed by atoms with Crippen LogP contribution in [0.2, 0.25) is 57.9 Å². The third kappa shape index (κ3) is 4.68. The fraction of sp³-hybridized carbons (Fsp3) is 0.875. The molecule has 20 heteroatoms. The van der Waals surface area contributed by atoms with E-state index in [0.29, 0.717) is 5.92 Å². The lowest BCUT2D eigenvalue weighted by atomic mass is 10.1. The molecule has 0 aromatic rings. The summed E-state index contributed by atoms with van der Waals surface area (Å²) in [6.45, 7) is 14.8. The largest absolute Gasteiger partial charge is 0.482 e. The summed E-state index contributed by atoms with van der Waals surface area (Å²) >= 11 is 0. The smallest absolute Gasteiger partial charge is 0.395 e. The molecule has 0 amide bonds. The fourth-order valence-corrected chi connectivity index (χ4v) is 50.8. The zero-order valence-electron chi connectivity index (χ0n) is 22.2. The molecular formula is C16H36O12Si8. The molecule has 4 saturated heterocycles. The van der Waals surface area contributed by atoms with E-state index in [4.69, 9.17) is 49.7 Å². The quantitative estimate of drug-likeness (QED) is 0.326. The van der Waals surface area contributed by atoms with Crippen LogP contribution in [0.15, 0.2) is 12.2 Å². The highest BCUT2D eigenvalue weighted by Crippen LogP contribution is 2.57. The molecular weight excluding hydrogens is 609 g/mol. The summed E-state index contributed by atoms with van der Waals surface area (Å²) in [4.78, 5) is 0. The number of fused-ring (bicyclic) bond motifs is 6. The van der Waals surface area contributed by atoms with E-state index in [9.17, 15) is 0 Å². The van der Waals surface area contributed by atoms with Crippen LogP contribution in [0.1, 0.15) is 12.8 Å². The normalized spacial score (nSPS) is 59.6. The molecule has 4 heterocycles. The van der Waals surface area contributed by atoms with E-state index >= 15 is 0 Å². The second-order valence-electron chi connectivity index (χ2n) is 11.4. The maximum atomic E-state index is 7.08. The van der Waals surface area contributed by atoms with E-state index in [1.54, 1.807) is 19.6 Å². The first kappa shape index (κ1) is 27.2. The van der Waals surface area contributed by atoms with Gasteiger partial charge in [-0.05, 0) is 37.8 Å². The predicted molar refractivity (Wildman–Crippen MR) is 141 cm³/mol. The van der Waals surface area contributed by atoms with E-state index in [1.165, 1.54) is 7.11 Å². The molecule has 0 radical (unpaired) electrons. The molecule has 12 nitrogen and oxygen atoms in total. The monoisotopic (exact) mass is 644 g/mol. The summed E-state index contributed by atoms with van der Waals surface area (Å²) in [6.07, 6.45) is 6.46. The summed E-state index contributed by atoms with van der Waals surface area (Å²) in [5, 5.41) is 0. The van der Waals surface area contributed by atoms with Crippen LogP contribution in [0.5, 0.6) is 0 Å². The maximum Gasteiger partial charge on any atom is 0.482 e. The highest BCUT2D eigenvalue weighted by Gasteiger charge is 2.77. The summed E-state index contributed by atoms with van der Waals surface area (Å²) < 4.78 is 80.6. The molecule has 5 fully saturated rings. The number of hydrogen-bond donors (Lipinski definition) is 0. The average molecular weight is 645 g/mol. The Morgan fingerprint density at radius 3 is 1.39 bits per heavy atom. The highest BCUT2D eigenvalue weighted by molar-refractivity contribution is 7.00. The lowest BCUT2D eigenvalue weighted by molar-refractivity contribution is 0.00251. The standard InChI is InChI=1S/C16H36O12Si8/c1-17-30(4)20-33(7)22-31(5)18-29(2,3)19-32(6)23-34(8,21-30)25-35(9,24-33)28-36(26-31,27-32)16-13-14-10-11-15(16)12-14/h10-11,14-16H,12-13H2,1-9H3. The molecule has 204 valence electrons. The number of rotatable bonds is 2. The van der Waals surface area contributed by atoms with Crippen LogP contribution in [-0.2, 0) is 49.7 Å². The molecule has 6 rings (SSSR count). The van der Waals surface area contributed by atoms with E-state index in [0.717, 1.165) is 12.8 Å². The minimum atomic E-state index is -3.63. The van der Waals surface area contributed by atoms with Crippen LogP contribution < -0.4 is 0 Å². The van der Waals surface area contributed by atoms with Crippen molar-refractivity contribution in [2.75, 3.05) is 7.11 Å². The van der Waals surface area contributed by atoms with E-state index in [1.807, 2.05) is 32.7 Å². The molecule has 7 unspecified atom stereocenters. The van der Waals surface area contributed by atoms with Crippen LogP contribution in [0.3, 0.4) is 0 Å². The highest BCUT2D eigenvalue weighted by atomic mass is 28.6. The Bertz CT molecular complexity index is 941. The fourth-order valence-electron chi connectivity index (χ4n) is 6.60. The third-order valence-electron chi connectivity index (χ3n) is 7.17.